The molecule has 0 fully saturated rings. The molecular formula is C10H10ClN5O. The second kappa shape index (κ2) is 4.92. The summed E-state index contributed by atoms with van der Waals surface area (Å²) in [6.45, 7) is 1.93. The van der Waals surface area contributed by atoms with Crippen LogP contribution >= 0.6 is 11.6 Å². The number of carbonyl (C=O) groups is 1. The van der Waals surface area contributed by atoms with Crippen molar-refractivity contribution in [3.05, 3.63) is 35.6 Å². The fraction of sp³-hybridized carbons (Fsp3) is 0.200. The molecule has 7 heteroatoms. The summed E-state index contributed by atoms with van der Waals surface area (Å²) in [5, 5.41) is 6.97. The van der Waals surface area contributed by atoms with Gasteiger partial charge in [-0.2, -0.15) is 5.10 Å². The fourth-order valence-corrected chi connectivity index (χ4v) is 1.39. The highest BCUT2D eigenvalue weighted by molar-refractivity contribution is 6.30. The number of hydrogen-bond acceptors (Lipinski definition) is 4. The number of aromatic nitrogens is 4. The molecule has 1 amide bonds. The topological polar surface area (TPSA) is 72.7 Å². The van der Waals surface area contributed by atoms with Crippen LogP contribution in [0.15, 0.2) is 24.9 Å². The van der Waals surface area contributed by atoms with Crippen LogP contribution < -0.4 is 5.32 Å². The van der Waals surface area contributed by atoms with E-state index in [1.54, 1.807) is 6.07 Å². The lowest BCUT2D eigenvalue weighted by Gasteiger charge is -2.06. The molecule has 0 radical (unpaired) electrons. The van der Waals surface area contributed by atoms with Crippen LogP contribution in [0.3, 0.4) is 0 Å². The third kappa shape index (κ3) is 3.01. The predicted molar refractivity (Wildman–Crippen MR) is 62.6 cm³/mol. The van der Waals surface area contributed by atoms with Gasteiger partial charge in [0.25, 0.3) is 0 Å². The molecule has 0 saturated carbocycles. The van der Waals surface area contributed by atoms with Crippen molar-refractivity contribution < 1.29 is 4.79 Å². The summed E-state index contributed by atoms with van der Waals surface area (Å²) in [6, 6.07) is 1.76. The average molecular weight is 252 g/mol. The summed E-state index contributed by atoms with van der Waals surface area (Å²) >= 11 is 5.79. The molecule has 1 N–H and O–H groups in total. The van der Waals surface area contributed by atoms with E-state index >= 15 is 0 Å². The summed E-state index contributed by atoms with van der Waals surface area (Å²) in [4.78, 5) is 19.3. The molecule has 0 aromatic carbocycles. The summed E-state index contributed by atoms with van der Waals surface area (Å²) < 4.78 is 1.44. The zero-order chi connectivity index (χ0) is 12.3. The van der Waals surface area contributed by atoms with Crippen molar-refractivity contribution in [2.24, 2.45) is 0 Å². The van der Waals surface area contributed by atoms with Gasteiger partial charge in [0.05, 0.1) is 11.9 Å². The highest BCUT2D eigenvalue weighted by atomic mass is 35.5. The minimum absolute atomic E-state index is 0.113. The molecule has 0 aliphatic rings. The Morgan fingerprint density at radius 2 is 2.41 bits per heavy atom. The van der Waals surface area contributed by atoms with Crippen molar-refractivity contribution in [2.75, 3.05) is 5.32 Å². The van der Waals surface area contributed by atoms with E-state index in [0.29, 0.717) is 10.8 Å². The minimum Gasteiger partial charge on any atom is -0.323 e. The molecule has 0 bridgehead atoms. The van der Waals surface area contributed by atoms with Gasteiger partial charge in [-0.1, -0.05) is 11.6 Å². The van der Waals surface area contributed by atoms with E-state index in [-0.39, 0.29) is 12.5 Å². The van der Waals surface area contributed by atoms with Crippen molar-refractivity contribution in [3.8, 4) is 0 Å². The maximum Gasteiger partial charge on any atom is 0.246 e. The van der Waals surface area contributed by atoms with Crippen LogP contribution in [0.1, 0.15) is 5.56 Å². The second-order valence-corrected chi connectivity index (χ2v) is 3.83. The minimum atomic E-state index is -0.195. The molecular weight excluding hydrogens is 242 g/mol. The Balaban J connectivity index is 2.00. The standard InChI is InChI=1S/C10H10ClN5O/c1-7-2-8(3-13-10(7)11)15-9(17)4-16-6-12-5-14-16/h2-3,5-6H,4H2,1H3,(H,15,17). The van der Waals surface area contributed by atoms with E-state index < -0.39 is 0 Å². The number of hydrogen-bond donors (Lipinski definition) is 1. The van der Waals surface area contributed by atoms with Crippen LogP contribution in [-0.4, -0.2) is 25.7 Å². The zero-order valence-corrected chi connectivity index (χ0v) is 9.85. The van der Waals surface area contributed by atoms with Gasteiger partial charge in [-0.3, -0.25) is 4.79 Å². The van der Waals surface area contributed by atoms with Crippen LogP contribution in [0.5, 0.6) is 0 Å². The van der Waals surface area contributed by atoms with Crippen LogP contribution in [0, 0.1) is 6.92 Å². The number of nitrogens with one attached hydrogen (secondary N) is 1. The first-order valence-corrected chi connectivity index (χ1v) is 5.27. The molecule has 88 valence electrons. The van der Waals surface area contributed by atoms with E-state index in [2.05, 4.69) is 20.4 Å². The summed E-state index contributed by atoms with van der Waals surface area (Å²) in [5.41, 5.74) is 1.42. The molecule has 2 heterocycles. The number of rotatable bonds is 3. The molecule has 0 aliphatic carbocycles. The van der Waals surface area contributed by atoms with Crippen molar-refractivity contribution >= 4 is 23.2 Å². The van der Waals surface area contributed by atoms with Gasteiger partial charge < -0.3 is 5.32 Å². The molecule has 0 aliphatic heterocycles. The molecule has 2 aromatic rings. The van der Waals surface area contributed by atoms with Gasteiger partial charge in [0, 0.05) is 0 Å². The zero-order valence-electron chi connectivity index (χ0n) is 9.09. The van der Waals surface area contributed by atoms with Crippen molar-refractivity contribution in [1.82, 2.24) is 19.7 Å². The smallest absolute Gasteiger partial charge is 0.246 e. The third-order valence-electron chi connectivity index (χ3n) is 2.07. The SMILES string of the molecule is Cc1cc(NC(=O)Cn2cncn2)cnc1Cl. The second-order valence-electron chi connectivity index (χ2n) is 3.47. The molecule has 0 saturated heterocycles. The lowest BCUT2D eigenvalue weighted by molar-refractivity contribution is -0.116. The summed E-state index contributed by atoms with van der Waals surface area (Å²) in [6.07, 6.45) is 4.36. The number of pyridine rings is 1. The Morgan fingerprint density at radius 1 is 1.59 bits per heavy atom. The van der Waals surface area contributed by atoms with E-state index in [1.807, 2.05) is 6.92 Å². The van der Waals surface area contributed by atoms with Crippen LogP contribution in [-0.2, 0) is 11.3 Å². The number of carbonyl (C=O) groups excluding carboxylic acids is 1. The largest absolute Gasteiger partial charge is 0.323 e. The predicted octanol–water partition coefficient (Wildman–Crippen LogP) is 1.27. The Hall–Kier alpha value is -1.95. The van der Waals surface area contributed by atoms with Gasteiger partial charge in [-0.25, -0.2) is 14.6 Å². The van der Waals surface area contributed by atoms with Gasteiger partial charge in [0.15, 0.2) is 0 Å². The van der Waals surface area contributed by atoms with Crippen molar-refractivity contribution in [2.45, 2.75) is 13.5 Å². The molecule has 0 spiro atoms. The van der Waals surface area contributed by atoms with E-state index in [9.17, 15) is 4.79 Å². The number of aryl methyl sites for hydroxylation is 1. The Labute approximate surface area is 103 Å². The number of nitrogens with zero attached hydrogens (tertiary/aromatic N) is 4. The Kier molecular flexibility index (Phi) is 3.34. The normalized spacial score (nSPS) is 10.2. The molecule has 17 heavy (non-hydrogen) atoms. The third-order valence-corrected chi connectivity index (χ3v) is 2.47. The number of amides is 1. The molecule has 0 unspecified atom stereocenters. The maximum absolute atomic E-state index is 11.6. The van der Waals surface area contributed by atoms with Gasteiger partial charge >= 0.3 is 0 Å². The molecule has 2 aromatic heterocycles. The van der Waals surface area contributed by atoms with E-state index in [4.69, 9.17) is 11.6 Å². The van der Waals surface area contributed by atoms with Crippen LogP contribution in [0.4, 0.5) is 5.69 Å². The maximum atomic E-state index is 11.6. The lowest BCUT2D eigenvalue weighted by Crippen LogP contribution is -2.19. The van der Waals surface area contributed by atoms with Crippen LogP contribution in [0.2, 0.25) is 5.15 Å². The van der Waals surface area contributed by atoms with Gasteiger partial charge in [-0.05, 0) is 18.6 Å². The van der Waals surface area contributed by atoms with Gasteiger partial charge in [0.2, 0.25) is 5.91 Å². The quantitative estimate of drug-likeness (QED) is 0.834. The number of halogens is 1. The van der Waals surface area contributed by atoms with Crippen molar-refractivity contribution in [3.63, 3.8) is 0 Å². The first-order valence-electron chi connectivity index (χ1n) is 4.89. The lowest BCUT2D eigenvalue weighted by atomic mass is 10.3. The molecule has 6 nitrogen and oxygen atoms in total. The Bertz CT molecular complexity index is 525. The fourth-order valence-electron chi connectivity index (χ4n) is 1.29. The first kappa shape index (κ1) is 11.5. The Morgan fingerprint density at radius 3 is 3.06 bits per heavy atom. The van der Waals surface area contributed by atoms with E-state index in [0.717, 1.165) is 5.56 Å². The average Bonchev–Trinajstić information content (AvgIpc) is 2.76. The van der Waals surface area contributed by atoms with Gasteiger partial charge in [-0.15, -0.1) is 0 Å². The first-order chi connectivity index (χ1) is 8.15. The van der Waals surface area contributed by atoms with Crippen molar-refractivity contribution in [1.29, 1.82) is 0 Å². The summed E-state index contributed by atoms with van der Waals surface area (Å²) in [5.74, 6) is -0.195. The molecule has 2 rings (SSSR count). The summed E-state index contributed by atoms with van der Waals surface area (Å²) in [7, 11) is 0. The van der Waals surface area contributed by atoms with Crippen LogP contribution in [0.25, 0.3) is 0 Å². The highest BCUT2D eigenvalue weighted by Gasteiger charge is 2.05. The monoisotopic (exact) mass is 251 g/mol. The molecule has 0 atom stereocenters. The highest BCUT2D eigenvalue weighted by Crippen LogP contribution is 2.15. The number of anilines is 1. The van der Waals surface area contributed by atoms with Gasteiger partial charge in [0.1, 0.15) is 24.4 Å². The van der Waals surface area contributed by atoms with E-state index in [1.165, 1.54) is 23.5 Å².